The summed E-state index contributed by atoms with van der Waals surface area (Å²) in [6.45, 7) is 22.5. The van der Waals surface area contributed by atoms with E-state index < -0.39 is 10.8 Å². The predicted molar refractivity (Wildman–Crippen MR) is 164 cm³/mol. The third-order valence-corrected chi connectivity index (χ3v) is 8.12. The zero-order chi connectivity index (χ0) is 26.5. The van der Waals surface area contributed by atoms with Gasteiger partial charge in [-0.1, -0.05) is 110 Å². The number of fused-ring (bicyclic) bond motifs is 1. The summed E-state index contributed by atoms with van der Waals surface area (Å²) in [6, 6.07) is 0.543. The molecule has 3 nitrogen and oxygen atoms in total. The molecule has 1 heterocycles. The average Bonchev–Trinajstić information content (AvgIpc) is 2.86. The van der Waals surface area contributed by atoms with Crippen molar-refractivity contribution in [2.24, 2.45) is 5.92 Å². The normalized spacial score (nSPS) is 20.1. The molecule has 1 aliphatic heterocycles. The van der Waals surface area contributed by atoms with Gasteiger partial charge in [0.1, 0.15) is 0 Å². The van der Waals surface area contributed by atoms with E-state index in [2.05, 4.69) is 51.0 Å². The van der Waals surface area contributed by atoms with Crippen molar-refractivity contribution in [3.05, 3.63) is 46.1 Å². The van der Waals surface area contributed by atoms with Crippen molar-refractivity contribution < 1.29 is 9.00 Å². The number of hydrogen-bond acceptors (Lipinski definition) is 3. The van der Waals surface area contributed by atoms with Crippen molar-refractivity contribution in [3.63, 3.8) is 0 Å². The van der Waals surface area contributed by atoms with Gasteiger partial charge in [0, 0.05) is 25.3 Å². The van der Waals surface area contributed by atoms with Gasteiger partial charge in [0.25, 0.3) is 0 Å². The molecule has 2 aliphatic rings. The van der Waals surface area contributed by atoms with Crippen LogP contribution in [0.1, 0.15) is 114 Å². The molecule has 1 saturated carbocycles. The second-order valence-electron chi connectivity index (χ2n) is 8.27. The van der Waals surface area contributed by atoms with E-state index in [-0.39, 0.29) is 7.43 Å². The summed E-state index contributed by atoms with van der Waals surface area (Å²) in [6.07, 6.45) is 16.5. The summed E-state index contributed by atoms with van der Waals surface area (Å²) < 4.78 is 11.1. The van der Waals surface area contributed by atoms with Gasteiger partial charge in [0.2, 0.25) is 5.91 Å². The number of likely N-dealkylation sites (tertiary alicyclic amines) is 1. The largest absolute Gasteiger partial charge is 0.339 e. The van der Waals surface area contributed by atoms with Crippen LogP contribution in [0.4, 0.5) is 0 Å². The second kappa shape index (κ2) is 24.6. The number of thioether (sulfide) groups is 1. The van der Waals surface area contributed by atoms with E-state index in [9.17, 15) is 9.00 Å². The van der Waals surface area contributed by atoms with E-state index in [1.807, 2.05) is 27.7 Å². The smallest absolute Gasteiger partial charge is 0.226 e. The van der Waals surface area contributed by atoms with Gasteiger partial charge in [-0.25, -0.2) is 0 Å². The first kappa shape index (κ1) is 38.5. The van der Waals surface area contributed by atoms with Gasteiger partial charge in [-0.05, 0) is 57.3 Å². The predicted octanol–water partition coefficient (Wildman–Crippen LogP) is 9.65. The molecule has 0 spiro atoms. The molecule has 0 aromatic heterocycles. The lowest BCUT2D eigenvalue weighted by Crippen LogP contribution is -2.49. The van der Waals surface area contributed by atoms with Crippen LogP contribution in [0.25, 0.3) is 0 Å². The summed E-state index contributed by atoms with van der Waals surface area (Å²) in [5.74, 6) is 1.12. The van der Waals surface area contributed by atoms with Crippen LogP contribution in [0.3, 0.4) is 0 Å². The van der Waals surface area contributed by atoms with Gasteiger partial charge in [0.15, 0.2) is 0 Å². The minimum absolute atomic E-state index is 0. The van der Waals surface area contributed by atoms with Gasteiger partial charge < -0.3 is 4.90 Å². The Hall–Kier alpha value is -1.07. The number of carbonyl (C=O) groups excluding carboxylic acids is 1. The number of allylic oxidation sites excluding steroid dienone is 3. The number of hydrogen-bond donors (Lipinski definition) is 0. The van der Waals surface area contributed by atoms with Crippen molar-refractivity contribution in [1.82, 2.24) is 4.90 Å². The molecular weight excluding hydrogens is 470 g/mol. The lowest BCUT2D eigenvalue weighted by atomic mass is 9.78. The maximum Gasteiger partial charge on any atom is 0.226 e. The first-order valence-corrected chi connectivity index (χ1v) is 15.7. The second-order valence-corrected chi connectivity index (χ2v) is 11.0. The maximum atomic E-state index is 12.6. The van der Waals surface area contributed by atoms with Crippen LogP contribution in [0, 0.1) is 5.92 Å². The SMILES string of the molecule is C.C=CSC(=C)S(C)=O.CC.CC.CCC/C(C)=C(C)/C=C\CC(=O)N1CCCC2CCCCC21. The van der Waals surface area contributed by atoms with Crippen LogP contribution in [0.5, 0.6) is 0 Å². The highest BCUT2D eigenvalue weighted by Crippen LogP contribution is 2.35. The molecule has 206 valence electrons. The van der Waals surface area contributed by atoms with E-state index in [4.69, 9.17) is 0 Å². The summed E-state index contributed by atoms with van der Waals surface area (Å²) in [4.78, 5) is 14.8. The first-order valence-electron chi connectivity index (χ1n) is 13.2. The average molecular weight is 528 g/mol. The molecule has 1 saturated heterocycles. The van der Waals surface area contributed by atoms with E-state index in [1.54, 1.807) is 11.7 Å². The van der Waals surface area contributed by atoms with Gasteiger partial charge in [-0.3, -0.25) is 9.00 Å². The fourth-order valence-electron chi connectivity index (χ4n) is 4.26. The molecule has 3 unspecified atom stereocenters. The van der Waals surface area contributed by atoms with E-state index in [0.29, 0.717) is 22.6 Å². The van der Waals surface area contributed by atoms with Crippen LogP contribution >= 0.6 is 11.8 Å². The van der Waals surface area contributed by atoms with Crippen molar-refractivity contribution >= 4 is 28.5 Å². The van der Waals surface area contributed by atoms with Gasteiger partial charge >= 0.3 is 0 Å². The Morgan fingerprint density at radius 2 is 1.66 bits per heavy atom. The Labute approximate surface area is 226 Å². The summed E-state index contributed by atoms with van der Waals surface area (Å²) in [7, 11) is -0.913. The number of amides is 1. The highest BCUT2D eigenvalue weighted by atomic mass is 32.2. The fourth-order valence-corrected chi connectivity index (χ4v) is 5.20. The van der Waals surface area contributed by atoms with Crippen molar-refractivity contribution in [1.29, 1.82) is 0 Å². The lowest BCUT2D eigenvalue weighted by molar-refractivity contribution is -0.136. The molecule has 0 bridgehead atoms. The number of carbonyl (C=O) groups is 1. The molecule has 0 radical (unpaired) electrons. The summed E-state index contributed by atoms with van der Waals surface area (Å²) >= 11 is 1.31. The Morgan fingerprint density at radius 1 is 1.09 bits per heavy atom. The molecule has 2 fully saturated rings. The van der Waals surface area contributed by atoms with Crippen LogP contribution < -0.4 is 0 Å². The van der Waals surface area contributed by atoms with Crippen molar-refractivity contribution in [2.75, 3.05) is 12.8 Å². The molecule has 1 aliphatic carbocycles. The minimum Gasteiger partial charge on any atom is -0.339 e. The van der Waals surface area contributed by atoms with Gasteiger partial charge in [-0.2, -0.15) is 0 Å². The van der Waals surface area contributed by atoms with E-state index in [1.165, 1.54) is 67.9 Å². The highest BCUT2D eigenvalue weighted by Gasteiger charge is 2.34. The Morgan fingerprint density at radius 3 is 2.17 bits per heavy atom. The van der Waals surface area contributed by atoms with Crippen LogP contribution in [-0.4, -0.2) is 33.9 Å². The number of rotatable bonds is 8. The molecule has 0 N–H and O–H groups in total. The quantitative estimate of drug-likeness (QED) is 0.295. The van der Waals surface area contributed by atoms with Gasteiger partial charge in [-0.15, -0.1) is 0 Å². The Balaban J connectivity index is -0.000000669. The monoisotopic (exact) mass is 527 g/mol. The zero-order valence-corrected chi connectivity index (χ0v) is 25.1. The highest BCUT2D eigenvalue weighted by molar-refractivity contribution is 8.18. The van der Waals surface area contributed by atoms with Crippen molar-refractivity contribution in [3.8, 4) is 0 Å². The van der Waals surface area contributed by atoms with Crippen molar-refractivity contribution in [2.45, 2.75) is 120 Å². The standard InChI is InChI=1S/C20H33NO.C5H8OS2.2C2H6.CH4/c1-4-9-16(2)17(3)10-7-14-20(22)21-15-8-12-18-11-5-6-13-19(18)21;1-4-7-5(2)8(3)6;2*1-2;/h7,10,18-19H,4-6,8-9,11-15H2,1-3H3;4H,1-2H2,3H3;2*1-2H3;1H4/b10-7-,17-16+;;;;. The minimum atomic E-state index is -0.913. The molecule has 3 atom stereocenters. The van der Waals surface area contributed by atoms with Crippen LogP contribution in [0.15, 0.2) is 46.1 Å². The fraction of sp³-hybridized carbons (Fsp3) is 0.700. The van der Waals surface area contributed by atoms with E-state index in [0.717, 1.165) is 18.9 Å². The molecule has 35 heavy (non-hydrogen) atoms. The summed E-state index contributed by atoms with van der Waals surface area (Å²) in [5, 5.41) is 1.61. The van der Waals surface area contributed by atoms with Crippen LogP contribution in [-0.2, 0) is 15.6 Å². The lowest BCUT2D eigenvalue weighted by Gasteiger charge is -2.44. The van der Waals surface area contributed by atoms with Crippen LogP contribution in [0.2, 0.25) is 0 Å². The molecule has 0 aromatic carbocycles. The summed E-state index contributed by atoms with van der Waals surface area (Å²) in [5.41, 5.74) is 2.76. The third kappa shape index (κ3) is 16.3. The number of nitrogens with zero attached hydrogens (tertiary/aromatic N) is 1. The topological polar surface area (TPSA) is 37.4 Å². The molecule has 2 rings (SSSR count). The van der Waals surface area contributed by atoms with E-state index >= 15 is 0 Å². The number of piperidine rings is 1. The maximum absolute atomic E-state index is 12.6. The molecule has 0 aromatic rings. The molecule has 1 amide bonds. The zero-order valence-electron chi connectivity index (χ0n) is 23.5. The first-order chi connectivity index (χ1) is 16.3. The Bertz CT molecular complexity index is 665. The molecule has 5 heteroatoms. The van der Waals surface area contributed by atoms with Gasteiger partial charge in [0.05, 0.1) is 15.0 Å². The molecular formula is C30H57NO2S2. The third-order valence-electron chi connectivity index (χ3n) is 6.06. The Kier molecular flexibility index (Phi) is 27.1.